The third-order valence-corrected chi connectivity index (χ3v) is 4.94. The van der Waals surface area contributed by atoms with Crippen LogP contribution >= 0.6 is 15.9 Å². The molecule has 4 aromatic rings. The number of oxazole rings is 1. The van der Waals surface area contributed by atoms with Crippen LogP contribution in [0, 0.1) is 6.92 Å². The number of fused-ring (bicyclic) bond motifs is 1. The van der Waals surface area contributed by atoms with Crippen LogP contribution in [0.3, 0.4) is 0 Å². The molecule has 0 bridgehead atoms. The summed E-state index contributed by atoms with van der Waals surface area (Å²) in [4.78, 5) is 17.1. The molecule has 0 aliphatic rings. The normalized spacial score (nSPS) is 10.8. The molecule has 1 aromatic heterocycles. The summed E-state index contributed by atoms with van der Waals surface area (Å²) in [5.41, 5.74) is 4.58. The lowest BCUT2D eigenvalue weighted by molar-refractivity contribution is 0.102. The number of nitrogens with zero attached hydrogens (tertiary/aromatic N) is 1. The average Bonchev–Trinajstić information content (AvgIpc) is 3.11. The predicted molar refractivity (Wildman–Crippen MR) is 113 cm³/mol. The van der Waals surface area contributed by atoms with E-state index in [1.807, 2.05) is 31.2 Å². The molecule has 6 heteroatoms. The van der Waals surface area contributed by atoms with Gasteiger partial charge in [-0.15, -0.1) is 0 Å². The molecule has 140 valence electrons. The fourth-order valence-corrected chi connectivity index (χ4v) is 3.46. The van der Waals surface area contributed by atoms with Crippen LogP contribution in [0.4, 0.5) is 5.69 Å². The minimum atomic E-state index is -0.217. The minimum Gasteiger partial charge on any atom is -0.496 e. The van der Waals surface area contributed by atoms with Crippen molar-refractivity contribution < 1.29 is 13.9 Å². The molecule has 4 rings (SSSR count). The van der Waals surface area contributed by atoms with Crippen molar-refractivity contribution in [2.24, 2.45) is 0 Å². The number of amides is 1. The van der Waals surface area contributed by atoms with Gasteiger partial charge in [-0.3, -0.25) is 4.79 Å². The summed E-state index contributed by atoms with van der Waals surface area (Å²) in [5, 5.41) is 2.89. The second kappa shape index (κ2) is 7.48. The van der Waals surface area contributed by atoms with E-state index >= 15 is 0 Å². The lowest BCUT2D eigenvalue weighted by Crippen LogP contribution is -2.11. The number of aryl methyl sites for hydroxylation is 1. The summed E-state index contributed by atoms with van der Waals surface area (Å²) in [6.07, 6.45) is 0. The Kier molecular flexibility index (Phi) is 4.88. The van der Waals surface area contributed by atoms with Gasteiger partial charge in [0.15, 0.2) is 5.58 Å². The maximum atomic E-state index is 12.5. The van der Waals surface area contributed by atoms with Crippen LogP contribution in [0.2, 0.25) is 0 Å². The molecule has 0 unspecified atom stereocenters. The lowest BCUT2D eigenvalue weighted by atomic mass is 10.1. The molecule has 0 spiro atoms. The number of ether oxygens (including phenoxy) is 1. The smallest absolute Gasteiger partial charge is 0.255 e. The molecule has 1 heterocycles. The number of hydrogen-bond acceptors (Lipinski definition) is 4. The van der Waals surface area contributed by atoms with Crippen LogP contribution in [0.25, 0.3) is 22.6 Å². The van der Waals surface area contributed by atoms with Gasteiger partial charge in [0.25, 0.3) is 5.91 Å². The summed E-state index contributed by atoms with van der Waals surface area (Å²) in [5.74, 6) is 1.01. The maximum absolute atomic E-state index is 12.5. The van der Waals surface area contributed by atoms with Gasteiger partial charge in [-0.25, -0.2) is 4.98 Å². The Hall–Kier alpha value is -3.12. The van der Waals surface area contributed by atoms with Crippen LogP contribution in [0.1, 0.15) is 15.9 Å². The first-order valence-corrected chi connectivity index (χ1v) is 9.45. The number of aromatic nitrogens is 1. The van der Waals surface area contributed by atoms with Crippen LogP contribution in [-0.4, -0.2) is 18.0 Å². The van der Waals surface area contributed by atoms with E-state index in [4.69, 9.17) is 9.15 Å². The quantitative estimate of drug-likeness (QED) is 0.437. The topological polar surface area (TPSA) is 64.4 Å². The Bertz CT molecular complexity index is 1180. The van der Waals surface area contributed by atoms with Gasteiger partial charge in [-0.2, -0.15) is 0 Å². The molecule has 0 saturated heterocycles. The standard InChI is InChI=1S/C22H17BrN2O3/c1-13-4-3-5-15(10-13)22-25-18-12-16(7-9-20(18)28-22)24-21(26)14-6-8-19(27-2)17(23)11-14/h3-12H,1-2H3,(H,24,26). The zero-order chi connectivity index (χ0) is 19.7. The third-order valence-electron chi connectivity index (χ3n) is 4.32. The molecule has 1 amide bonds. The number of nitrogens with one attached hydrogen (secondary N) is 1. The molecule has 0 radical (unpaired) electrons. The molecular formula is C22H17BrN2O3. The van der Waals surface area contributed by atoms with Gasteiger partial charge in [-0.05, 0) is 71.4 Å². The van der Waals surface area contributed by atoms with Gasteiger partial charge in [-0.1, -0.05) is 17.7 Å². The van der Waals surface area contributed by atoms with Crippen molar-refractivity contribution in [3.63, 3.8) is 0 Å². The van der Waals surface area contributed by atoms with E-state index in [1.165, 1.54) is 0 Å². The Morgan fingerprint density at radius 1 is 1.11 bits per heavy atom. The molecule has 3 aromatic carbocycles. The van der Waals surface area contributed by atoms with Crippen molar-refractivity contribution in [2.45, 2.75) is 6.92 Å². The van der Waals surface area contributed by atoms with Gasteiger partial charge >= 0.3 is 0 Å². The molecule has 0 atom stereocenters. The second-order valence-electron chi connectivity index (χ2n) is 6.37. The first kappa shape index (κ1) is 18.3. The summed E-state index contributed by atoms with van der Waals surface area (Å²) in [7, 11) is 1.58. The monoisotopic (exact) mass is 436 g/mol. The Morgan fingerprint density at radius 3 is 2.71 bits per heavy atom. The fraction of sp³-hybridized carbons (Fsp3) is 0.0909. The van der Waals surface area contributed by atoms with Crippen LogP contribution < -0.4 is 10.1 Å². The summed E-state index contributed by atoms with van der Waals surface area (Å²) in [6.45, 7) is 2.03. The molecule has 0 fully saturated rings. The number of hydrogen-bond donors (Lipinski definition) is 1. The zero-order valence-electron chi connectivity index (χ0n) is 15.3. The molecule has 5 nitrogen and oxygen atoms in total. The molecule has 1 N–H and O–H groups in total. The number of rotatable bonds is 4. The SMILES string of the molecule is COc1ccc(C(=O)Nc2ccc3oc(-c4cccc(C)c4)nc3c2)cc1Br. The van der Waals surface area contributed by atoms with Crippen molar-refractivity contribution in [1.82, 2.24) is 4.98 Å². The molecule has 0 aliphatic heterocycles. The molecule has 0 saturated carbocycles. The van der Waals surface area contributed by atoms with Crippen LogP contribution in [0.15, 0.2) is 69.6 Å². The van der Waals surface area contributed by atoms with E-state index in [1.54, 1.807) is 43.5 Å². The van der Waals surface area contributed by atoms with Gasteiger partial charge in [0.05, 0.1) is 11.6 Å². The van der Waals surface area contributed by atoms with Crippen molar-refractivity contribution in [3.05, 3.63) is 76.3 Å². The van der Waals surface area contributed by atoms with E-state index in [-0.39, 0.29) is 5.91 Å². The highest BCUT2D eigenvalue weighted by molar-refractivity contribution is 9.10. The maximum Gasteiger partial charge on any atom is 0.255 e. The number of methoxy groups -OCH3 is 1. The Morgan fingerprint density at radius 2 is 1.96 bits per heavy atom. The van der Waals surface area contributed by atoms with E-state index in [0.29, 0.717) is 34.0 Å². The first-order chi connectivity index (χ1) is 13.5. The highest BCUT2D eigenvalue weighted by Crippen LogP contribution is 2.28. The first-order valence-electron chi connectivity index (χ1n) is 8.66. The fourth-order valence-electron chi connectivity index (χ4n) is 2.92. The van der Waals surface area contributed by atoms with Crippen molar-refractivity contribution in [2.75, 3.05) is 12.4 Å². The van der Waals surface area contributed by atoms with E-state index in [0.717, 1.165) is 15.6 Å². The van der Waals surface area contributed by atoms with E-state index in [9.17, 15) is 4.79 Å². The van der Waals surface area contributed by atoms with Crippen molar-refractivity contribution in [3.8, 4) is 17.2 Å². The van der Waals surface area contributed by atoms with Gasteiger partial charge < -0.3 is 14.5 Å². The summed E-state index contributed by atoms with van der Waals surface area (Å²) >= 11 is 3.40. The Balaban J connectivity index is 1.59. The summed E-state index contributed by atoms with van der Waals surface area (Å²) in [6, 6.07) is 18.6. The zero-order valence-corrected chi connectivity index (χ0v) is 16.9. The minimum absolute atomic E-state index is 0.217. The van der Waals surface area contributed by atoms with Crippen molar-refractivity contribution >= 4 is 38.6 Å². The third kappa shape index (κ3) is 3.64. The van der Waals surface area contributed by atoms with Gasteiger partial charge in [0, 0.05) is 16.8 Å². The molecule has 0 aliphatic carbocycles. The Labute approximate surface area is 170 Å². The average molecular weight is 437 g/mol. The number of benzene rings is 3. The number of anilines is 1. The lowest BCUT2D eigenvalue weighted by Gasteiger charge is -2.07. The molecular weight excluding hydrogens is 420 g/mol. The number of halogens is 1. The number of carbonyl (C=O) groups excluding carboxylic acids is 1. The van der Waals surface area contributed by atoms with Crippen molar-refractivity contribution in [1.29, 1.82) is 0 Å². The van der Waals surface area contributed by atoms with E-state index < -0.39 is 0 Å². The van der Waals surface area contributed by atoms with Gasteiger partial charge in [0.2, 0.25) is 5.89 Å². The predicted octanol–water partition coefficient (Wildman–Crippen LogP) is 5.83. The van der Waals surface area contributed by atoms with Crippen LogP contribution in [0.5, 0.6) is 5.75 Å². The largest absolute Gasteiger partial charge is 0.496 e. The second-order valence-corrected chi connectivity index (χ2v) is 7.23. The van der Waals surface area contributed by atoms with Gasteiger partial charge in [0.1, 0.15) is 11.3 Å². The number of carbonyl (C=O) groups is 1. The summed E-state index contributed by atoms with van der Waals surface area (Å²) < 4.78 is 11.8. The van der Waals surface area contributed by atoms with E-state index in [2.05, 4.69) is 26.2 Å². The highest BCUT2D eigenvalue weighted by Gasteiger charge is 2.12. The van der Waals surface area contributed by atoms with Crippen LogP contribution in [-0.2, 0) is 0 Å². The molecule has 28 heavy (non-hydrogen) atoms. The highest BCUT2D eigenvalue weighted by atomic mass is 79.9.